The number of anilines is 1. The van der Waals surface area contributed by atoms with E-state index < -0.39 is 17.5 Å². The lowest BCUT2D eigenvalue weighted by molar-refractivity contribution is 0.0988. The molecule has 0 aliphatic carbocycles. The molecule has 2 aromatic carbocycles. The Morgan fingerprint density at radius 1 is 1.00 bits per heavy atom. The van der Waals surface area contributed by atoms with Gasteiger partial charge in [-0.25, -0.2) is 8.78 Å². The van der Waals surface area contributed by atoms with Crippen molar-refractivity contribution in [3.05, 3.63) is 72.0 Å². The Labute approximate surface area is 124 Å². The fraction of sp³-hybridized carbons (Fsp3) is 0. The number of aromatic nitrogens is 1. The highest BCUT2D eigenvalue weighted by Crippen LogP contribution is 2.20. The minimum atomic E-state index is -0.780. The number of nitrogens with one attached hydrogen (secondary N) is 1. The molecule has 0 unspecified atom stereocenters. The molecule has 0 bridgehead atoms. The van der Waals surface area contributed by atoms with Gasteiger partial charge in [-0.2, -0.15) is 0 Å². The molecule has 110 valence electrons. The lowest BCUT2D eigenvalue weighted by atomic mass is 10.1. The molecule has 1 aromatic heterocycles. The fourth-order valence-corrected chi connectivity index (χ4v) is 1.95. The van der Waals surface area contributed by atoms with E-state index in [0.29, 0.717) is 5.69 Å². The van der Waals surface area contributed by atoms with Crippen LogP contribution in [0.15, 0.2) is 59.1 Å². The number of carbonyl (C=O) groups is 1. The first kappa shape index (κ1) is 13.9. The normalized spacial score (nSPS) is 10.5. The number of halogens is 2. The molecule has 1 amide bonds. The van der Waals surface area contributed by atoms with Crippen molar-refractivity contribution in [2.45, 2.75) is 0 Å². The van der Waals surface area contributed by atoms with Gasteiger partial charge in [0.1, 0.15) is 17.3 Å². The molecule has 0 fully saturated rings. The number of hydrogen-bond donors (Lipinski definition) is 1. The summed E-state index contributed by atoms with van der Waals surface area (Å²) in [5, 5.41) is 6.15. The van der Waals surface area contributed by atoms with Crippen LogP contribution in [0, 0.1) is 11.6 Å². The molecule has 6 heteroatoms. The predicted octanol–water partition coefficient (Wildman–Crippen LogP) is 3.87. The second-order valence-electron chi connectivity index (χ2n) is 4.55. The van der Waals surface area contributed by atoms with E-state index >= 15 is 0 Å². The van der Waals surface area contributed by atoms with Crippen molar-refractivity contribution in [1.82, 2.24) is 5.16 Å². The maximum absolute atomic E-state index is 13.1. The maximum Gasteiger partial charge on any atom is 0.294 e. The summed E-state index contributed by atoms with van der Waals surface area (Å²) in [6.45, 7) is 0. The highest BCUT2D eigenvalue weighted by atomic mass is 19.1. The van der Waals surface area contributed by atoms with Gasteiger partial charge in [-0.1, -0.05) is 35.5 Å². The van der Waals surface area contributed by atoms with Gasteiger partial charge in [0.15, 0.2) is 0 Å². The van der Waals surface area contributed by atoms with Crippen LogP contribution in [-0.4, -0.2) is 11.1 Å². The molecule has 0 atom stereocenters. The third-order valence-electron chi connectivity index (χ3n) is 2.92. The second-order valence-corrected chi connectivity index (χ2v) is 4.55. The van der Waals surface area contributed by atoms with Crippen LogP contribution < -0.4 is 5.32 Å². The zero-order valence-electron chi connectivity index (χ0n) is 11.2. The summed E-state index contributed by atoms with van der Waals surface area (Å²) < 4.78 is 31.1. The van der Waals surface area contributed by atoms with E-state index in [1.165, 1.54) is 6.07 Å². The highest BCUT2D eigenvalue weighted by Gasteiger charge is 2.15. The Balaban J connectivity index is 1.80. The number of benzene rings is 2. The number of carbonyl (C=O) groups excluding carboxylic acids is 1. The Bertz CT molecular complexity index is 796. The van der Waals surface area contributed by atoms with E-state index in [1.807, 2.05) is 30.3 Å². The van der Waals surface area contributed by atoms with Crippen LogP contribution in [0.25, 0.3) is 11.3 Å². The van der Waals surface area contributed by atoms with E-state index in [2.05, 4.69) is 10.5 Å². The zero-order chi connectivity index (χ0) is 15.5. The quantitative estimate of drug-likeness (QED) is 0.798. The predicted molar refractivity (Wildman–Crippen MR) is 76.3 cm³/mol. The average molecular weight is 300 g/mol. The standard InChI is InChI=1S/C16H10F2N2O2/c17-11-6-12(18)8-13(7-11)19-16(21)15-9-14(20-22-15)10-4-2-1-3-5-10/h1-9H,(H,19,21). The molecule has 1 N–H and O–H groups in total. The lowest BCUT2D eigenvalue weighted by Gasteiger charge is -2.02. The molecule has 0 saturated heterocycles. The first-order valence-corrected chi connectivity index (χ1v) is 6.41. The van der Waals surface area contributed by atoms with Crippen molar-refractivity contribution in [1.29, 1.82) is 0 Å². The van der Waals surface area contributed by atoms with Crippen molar-refractivity contribution in [3.63, 3.8) is 0 Å². The fourth-order valence-electron chi connectivity index (χ4n) is 1.95. The van der Waals surface area contributed by atoms with Gasteiger partial charge in [0.05, 0.1) is 0 Å². The van der Waals surface area contributed by atoms with E-state index in [-0.39, 0.29) is 11.4 Å². The van der Waals surface area contributed by atoms with Gasteiger partial charge in [-0.15, -0.1) is 0 Å². The number of nitrogens with zero attached hydrogens (tertiary/aromatic N) is 1. The summed E-state index contributed by atoms with van der Waals surface area (Å²) in [4.78, 5) is 12.0. The highest BCUT2D eigenvalue weighted by molar-refractivity contribution is 6.02. The number of rotatable bonds is 3. The number of hydrogen-bond acceptors (Lipinski definition) is 3. The van der Waals surface area contributed by atoms with Gasteiger partial charge in [-0.05, 0) is 12.1 Å². The molecule has 0 saturated carbocycles. The molecule has 0 spiro atoms. The van der Waals surface area contributed by atoms with E-state index in [4.69, 9.17) is 4.52 Å². The maximum atomic E-state index is 13.1. The molecule has 1 heterocycles. The molecular weight excluding hydrogens is 290 g/mol. The summed E-state index contributed by atoms with van der Waals surface area (Å²) >= 11 is 0. The Morgan fingerprint density at radius 2 is 1.68 bits per heavy atom. The van der Waals surface area contributed by atoms with Crippen LogP contribution in [0.3, 0.4) is 0 Å². The van der Waals surface area contributed by atoms with Gasteiger partial charge in [0.2, 0.25) is 5.76 Å². The molecule has 3 rings (SSSR count). The first-order valence-electron chi connectivity index (χ1n) is 6.41. The van der Waals surface area contributed by atoms with Crippen LogP contribution in [0.1, 0.15) is 10.6 Å². The van der Waals surface area contributed by atoms with Gasteiger partial charge >= 0.3 is 0 Å². The third kappa shape index (κ3) is 3.01. The second kappa shape index (κ2) is 5.77. The first-order chi connectivity index (χ1) is 10.6. The smallest absolute Gasteiger partial charge is 0.294 e. The molecular formula is C16H10F2N2O2. The average Bonchev–Trinajstić information content (AvgIpc) is 2.97. The van der Waals surface area contributed by atoms with Crippen LogP contribution in [0.2, 0.25) is 0 Å². The van der Waals surface area contributed by atoms with E-state index in [9.17, 15) is 13.6 Å². The monoisotopic (exact) mass is 300 g/mol. The molecule has 0 aliphatic rings. The Hall–Kier alpha value is -3.02. The van der Waals surface area contributed by atoms with Crippen molar-refractivity contribution >= 4 is 11.6 Å². The summed E-state index contributed by atoms with van der Waals surface area (Å²) in [5.41, 5.74) is 1.29. The van der Waals surface area contributed by atoms with Gasteiger partial charge in [-0.3, -0.25) is 4.79 Å². The van der Waals surface area contributed by atoms with Crippen molar-refractivity contribution in [2.24, 2.45) is 0 Å². The zero-order valence-corrected chi connectivity index (χ0v) is 11.2. The molecule has 0 aliphatic heterocycles. The van der Waals surface area contributed by atoms with Gasteiger partial charge in [0, 0.05) is 23.4 Å². The van der Waals surface area contributed by atoms with Crippen LogP contribution in [0.5, 0.6) is 0 Å². The molecule has 0 radical (unpaired) electrons. The minimum Gasteiger partial charge on any atom is -0.350 e. The van der Waals surface area contributed by atoms with Crippen LogP contribution in [-0.2, 0) is 0 Å². The molecule has 22 heavy (non-hydrogen) atoms. The SMILES string of the molecule is O=C(Nc1cc(F)cc(F)c1)c1cc(-c2ccccc2)no1. The Kier molecular flexibility index (Phi) is 3.65. The Morgan fingerprint density at radius 3 is 2.36 bits per heavy atom. The van der Waals surface area contributed by atoms with Crippen molar-refractivity contribution < 1.29 is 18.1 Å². The third-order valence-corrected chi connectivity index (χ3v) is 2.92. The lowest BCUT2D eigenvalue weighted by Crippen LogP contribution is -2.11. The summed E-state index contributed by atoms with van der Waals surface area (Å²) in [5.74, 6) is -2.25. The largest absolute Gasteiger partial charge is 0.350 e. The summed E-state index contributed by atoms with van der Waals surface area (Å²) in [6.07, 6.45) is 0. The van der Waals surface area contributed by atoms with Crippen molar-refractivity contribution in [3.8, 4) is 11.3 Å². The molecule has 4 nitrogen and oxygen atoms in total. The van der Waals surface area contributed by atoms with Crippen molar-refractivity contribution in [2.75, 3.05) is 5.32 Å². The van der Waals surface area contributed by atoms with Gasteiger partial charge in [0.25, 0.3) is 5.91 Å². The topological polar surface area (TPSA) is 55.1 Å². The molecule has 3 aromatic rings. The van der Waals surface area contributed by atoms with E-state index in [1.54, 1.807) is 0 Å². The minimum absolute atomic E-state index is 0.000149. The van der Waals surface area contributed by atoms with Gasteiger partial charge < -0.3 is 9.84 Å². The van der Waals surface area contributed by atoms with E-state index in [0.717, 1.165) is 23.8 Å². The summed E-state index contributed by atoms with van der Waals surface area (Å²) in [7, 11) is 0. The van der Waals surface area contributed by atoms with Crippen LogP contribution >= 0.6 is 0 Å². The summed E-state index contributed by atoms with van der Waals surface area (Å²) in [6, 6.07) is 13.4. The number of amides is 1. The van der Waals surface area contributed by atoms with Crippen LogP contribution in [0.4, 0.5) is 14.5 Å².